The normalized spacial score (nSPS) is 16.4. The number of nitrogens with zero attached hydrogens (tertiary/aromatic N) is 2. The first-order valence-corrected chi connectivity index (χ1v) is 7.78. The van der Waals surface area contributed by atoms with Gasteiger partial charge in [0.2, 0.25) is 5.88 Å². The van der Waals surface area contributed by atoms with E-state index in [4.69, 9.17) is 14.2 Å². The fourth-order valence-electron chi connectivity index (χ4n) is 2.74. The van der Waals surface area contributed by atoms with E-state index in [9.17, 15) is 4.79 Å². The summed E-state index contributed by atoms with van der Waals surface area (Å²) in [5.41, 5.74) is 1.77. The van der Waals surface area contributed by atoms with Crippen LogP contribution in [0.5, 0.6) is 17.4 Å². The van der Waals surface area contributed by atoms with Gasteiger partial charge in [-0.1, -0.05) is 6.07 Å². The molecule has 0 bridgehead atoms. The number of rotatable bonds is 5. The van der Waals surface area contributed by atoms with Gasteiger partial charge in [0.05, 0.1) is 14.2 Å². The van der Waals surface area contributed by atoms with Gasteiger partial charge in [-0.05, 0) is 43.2 Å². The highest BCUT2D eigenvalue weighted by Gasteiger charge is 2.31. The molecule has 1 aliphatic heterocycles. The van der Waals surface area contributed by atoms with E-state index in [2.05, 4.69) is 4.98 Å². The molecule has 1 unspecified atom stereocenters. The second-order valence-corrected chi connectivity index (χ2v) is 5.52. The molecular formula is C18H20N2O4. The van der Waals surface area contributed by atoms with Crippen molar-refractivity contribution in [2.24, 2.45) is 0 Å². The molecule has 1 aromatic heterocycles. The number of fused-ring (bicyclic) bond motifs is 1. The van der Waals surface area contributed by atoms with E-state index in [1.807, 2.05) is 24.3 Å². The summed E-state index contributed by atoms with van der Waals surface area (Å²) in [5, 5.41) is 0. The average Bonchev–Trinajstić information content (AvgIpc) is 2.61. The third-order valence-electron chi connectivity index (χ3n) is 4.02. The molecule has 1 aliphatic rings. The molecule has 1 atom stereocenters. The van der Waals surface area contributed by atoms with E-state index < -0.39 is 6.10 Å². The van der Waals surface area contributed by atoms with Crippen LogP contribution in [0.15, 0.2) is 36.5 Å². The average molecular weight is 328 g/mol. The molecule has 2 heterocycles. The van der Waals surface area contributed by atoms with E-state index in [1.54, 1.807) is 38.3 Å². The lowest BCUT2D eigenvalue weighted by atomic mass is 10.1. The molecule has 1 aromatic carbocycles. The number of hydrogen-bond acceptors (Lipinski definition) is 5. The van der Waals surface area contributed by atoms with Gasteiger partial charge in [-0.2, -0.15) is 0 Å². The van der Waals surface area contributed by atoms with Crippen LogP contribution >= 0.6 is 0 Å². The Bertz CT molecular complexity index is 748. The summed E-state index contributed by atoms with van der Waals surface area (Å²) in [5.74, 6) is 1.80. The third kappa shape index (κ3) is 2.99. The largest absolute Gasteiger partial charge is 0.493 e. The minimum atomic E-state index is -0.530. The van der Waals surface area contributed by atoms with Gasteiger partial charge < -0.3 is 19.1 Å². The Morgan fingerprint density at radius 1 is 1.21 bits per heavy atom. The molecule has 0 saturated heterocycles. The summed E-state index contributed by atoms with van der Waals surface area (Å²) in [7, 11) is 3.21. The van der Waals surface area contributed by atoms with Crippen molar-refractivity contribution < 1.29 is 19.0 Å². The molecule has 3 rings (SSSR count). The fraction of sp³-hybridized carbons (Fsp3) is 0.333. The predicted octanol–water partition coefficient (Wildman–Crippen LogP) is 2.46. The lowest BCUT2D eigenvalue weighted by molar-refractivity contribution is -0.125. The van der Waals surface area contributed by atoms with E-state index in [1.165, 1.54) is 0 Å². The van der Waals surface area contributed by atoms with E-state index in [-0.39, 0.29) is 5.91 Å². The van der Waals surface area contributed by atoms with Crippen LogP contribution < -0.4 is 19.1 Å². The molecule has 6 heteroatoms. The summed E-state index contributed by atoms with van der Waals surface area (Å²) in [4.78, 5) is 18.4. The van der Waals surface area contributed by atoms with Crippen molar-refractivity contribution in [1.29, 1.82) is 0 Å². The lowest BCUT2D eigenvalue weighted by Crippen LogP contribution is -2.45. The standard InChI is InChI=1S/C18H20N2O4/c1-12-18(21)20(14-5-4-9-19-17(14)24-12)10-8-13-6-7-15(22-2)16(11-13)23-3/h4-7,9,11-12H,8,10H2,1-3H3. The Balaban J connectivity index is 1.80. The van der Waals surface area contributed by atoms with Gasteiger partial charge in [0, 0.05) is 12.7 Å². The number of hydrogen-bond donors (Lipinski definition) is 0. The molecule has 126 valence electrons. The van der Waals surface area contributed by atoms with Crippen LogP contribution in [0.4, 0.5) is 5.69 Å². The molecule has 0 saturated carbocycles. The molecule has 0 spiro atoms. The van der Waals surface area contributed by atoms with Crippen LogP contribution in [0.2, 0.25) is 0 Å². The Kier molecular flexibility index (Phi) is 4.55. The minimum Gasteiger partial charge on any atom is -0.493 e. The summed E-state index contributed by atoms with van der Waals surface area (Å²) >= 11 is 0. The first kappa shape index (κ1) is 16.1. The number of ether oxygens (including phenoxy) is 3. The highest BCUT2D eigenvalue weighted by atomic mass is 16.5. The SMILES string of the molecule is COc1ccc(CCN2C(=O)C(C)Oc3ncccc32)cc1OC. The van der Waals surface area contributed by atoms with Gasteiger partial charge in [0.15, 0.2) is 17.6 Å². The van der Waals surface area contributed by atoms with Crippen molar-refractivity contribution in [3.63, 3.8) is 0 Å². The number of methoxy groups -OCH3 is 2. The van der Waals surface area contributed by atoms with Gasteiger partial charge in [0.1, 0.15) is 5.69 Å². The van der Waals surface area contributed by atoms with Crippen molar-refractivity contribution in [2.45, 2.75) is 19.4 Å². The Morgan fingerprint density at radius 2 is 2.00 bits per heavy atom. The number of anilines is 1. The zero-order chi connectivity index (χ0) is 17.1. The molecule has 0 N–H and O–H groups in total. The zero-order valence-electron chi connectivity index (χ0n) is 14.0. The number of aromatic nitrogens is 1. The van der Waals surface area contributed by atoms with Crippen LogP contribution in [-0.2, 0) is 11.2 Å². The van der Waals surface area contributed by atoms with Crippen LogP contribution in [-0.4, -0.2) is 37.8 Å². The summed E-state index contributed by atoms with van der Waals surface area (Å²) in [6, 6.07) is 9.42. The monoisotopic (exact) mass is 328 g/mol. The van der Waals surface area contributed by atoms with E-state index in [0.717, 1.165) is 5.56 Å². The second kappa shape index (κ2) is 6.78. The van der Waals surface area contributed by atoms with Crippen LogP contribution in [0.25, 0.3) is 0 Å². The smallest absolute Gasteiger partial charge is 0.267 e. The highest BCUT2D eigenvalue weighted by molar-refractivity contribution is 5.99. The van der Waals surface area contributed by atoms with Crippen molar-refractivity contribution in [1.82, 2.24) is 4.98 Å². The summed E-state index contributed by atoms with van der Waals surface area (Å²) < 4.78 is 16.1. The number of benzene rings is 1. The van der Waals surface area contributed by atoms with Gasteiger partial charge in [0.25, 0.3) is 5.91 Å². The van der Waals surface area contributed by atoms with E-state index in [0.29, 0.717) is 36.0 Å². The van der Waals surface area contributed by atoms with Gasteiger partial charge in [-0.3, -0.25) is 4.79 Å². The van der Waals surface area contributed by atoms with Crippen LogP contribution in [0, 0.1) is 0 Å². The fourth-order valence-corrected chi connectivity index (χ4v) is 2.74. The maximum atomic E-state index is 12.5. The summed E-state index contributed by atoms with van der Waals surface area (Å²) in [6.07, 6.45) is 1.82. The van der Waals surface area contributed by atoms with Gasteiger partial charge >= 0.3 is 0 Å². The van der Waals surface area contributed by atoms with Crippen molar-refractivity contribution >= 4 is 11.6 Å². The number of carbonyl (C=O) groups is 1. The Labute approximate surface area is 141 Å². The van der Waals surface area contributed by atoms with Crippen molar-refractivity contribution in [3.05, 3.63) is 42.1 Å². The molecule has 0 aliphatic carbocycles. The molecule has 1 amide bonds. The number of amides is 1. The van der Waals surface area contributed by atoms with Crippen LogP contribution in [0.3, 0.4) is 0 Å². The van der Waals surface area contributed by atoms with Gasteiger partial charge in [-0.25, -0.2) is 4.98 Å². The van der Waals surface area contributed by atoms with Crippen molar-refractivity contribution in [2.75, 3.05) is 25.7 Å². The molecule has 0 radical (unpaired) electrons. The quantitative estimate of drug-likeness (QED) is 0.844. The lowest BCUT2D eigenvalue weighted by Gasteiger charge is -2.32. The van der Waals surface area contributed by atoms with Crippen LogP contribution in [0.1, 0.15) is 12.5 Å². The maximum Gasteiger partial charge on any atom is 0.267 e. The maximum absolute atomic E-state index is 12.5. The Hall–Kier alpha value is -2.76. The first-order valence-electron chi connectivity index (χ1n) is 7.78. The van der Waals surface area contributed by atoms with E-state index >= 15 is 0 Å². The van der Waals surface area contributed by atoms with Gasteiger partial charge in [-0.15, -0.1) is 0 Å². The first-order chi connectivity index (χ1) is 11.6. The Morgan fingerprint density at radius 3 is 2.75 bits per heavy atom. The molecule has 24 heavy (non-hydrogen) atoms. The minimum absolute atomic E-state index is 0.0593. The zero-order valence-corrected chi connectivity index (χ0v) is 14.0. The number of pyridine rings is 1. The number of carbonyl (C=O) groups excluding carboxylic acids is 1. The topological polar surface area (TPSA) is 60.9 Å². The highest BCUT2D eigenvalue weighted by Crippen LogP contribution is 2.32. The second-order valence-electron chi connectivity index (χ2n) is 5.52. The third-order valence-corrected chi connectivity index (χ3v) is 4.02. The predicted molar refractivity (Wildman–Crippen MR) is 89.9 cm³/mol. The summed E-state index contributed by atoms with van der Waals surface area (Å²) in [6.45, 7) is 2.28. The molecular weight excluding hydrogens is 308 g/mol. The van der Waals surface area contributed by atoms with Crippen molar-refractivity contribution in [3.8, 4) is 17.4 Å². The molecule has 6 nitrogen and oxygen atoms in total. The molecule has 2 aromatic rings. The molecule has 0 fully saturated rings.